The summed E-state index contributed by atoms with van der Waals surface area (Å²) >= 11 is 6.09. The predicted octanol–water partition coefficient (Wildman–Crippen LogP) is 3.38. The zero-order valence-corrected chi connectivity index (χ0v) is 14.0. The SMILES string of the molecule is CCc1cc(N2CCCC(COc3ncccc3Cl)C2)ncn1. The lowest BCUT2D eigenvalue weighted by Gasteiger charge is -2.33. The van der Waals surface area contributed by atoms with Crippen LogP contribution in [0, 0.1) is 5.92 Å². The topological polar surface area (TPSA) is 51.1 Å². The van der Waals surface area contributed by atoms with Crippen molar-refractivity contribution in [2.45, 2.75) is 26.2 Å². The molecule has 2 aromatic heterocycles. The maximum absolute atomic E-state index is 6.09. The average molecular weight is 333 g/mol. The Bertz CT molecular complexity index is 652. The normalized spacial score (nSPS) is 18.0. The van der Waals surface area contributed by atoms with E-state index in [0.717, 1.165) is 43.9 Å². The molecule has 1 unspecified atom stereocenters. The summed E-state index contributed by atoms with van der Waals surface area (Å²) < 4.78 is 5.80. The third-order valence-electron chi connectivity index (χ3n) is 4.09. The van der Waals surface area contributed by atoms with Gasteiger partial charge in [0.15, 0.2) is 0 Å². The Morgan fingerprint density at radius 1 is 1.35 bits per heavy atom. The molecule has 1 fully saturated rings. The number of pyridine rings is 1. The summed E-state index contributed by atoms with van der Waals surface area (Å²) in [6.45, 7) is 4.69. The number of ether oxygens (including phenoxy) is 1. The van der Waals surface area contributed by atoms with Crippen LogP contribution in [0.25, 0.3) is 0 Å². The van der Waals surface area contributed by atoms with Gasteiger partial charge < -0.3 is 9.64 Å². The van der Waals surface area contributed by atoms with Crippen LogP contribution in [-0.2, 0) is 6.42 Å². The van der Waals surface area contributed by atoms with Crippen molar-refractivity contribution in [2.75, 3.05) is 24.6 Å². The van der Waals surface area contributed by atoms with Gasteiger partial charge in [0.1, 0.15) is 17.2 Å². The second kappa shape index (κ2) is 7.59. The largest absolute Gasteiger partial charge is 0.476 e. The van der Waals surface area contributed by atoms with Crippen LogP contribution in [-0.4, -0.2) is 34.6 Å². The van der Waals surface area contributed by atoms with Crippen LogP contribution in [0.4, 0.5) is 5.82 Å². The zero-order chi connectivity index (χ0) is 16.1. The highest BCUT2D eigenvalue weighted by molar-refractivity contribution is 6.31. The molecule has 0 spiro atoms. The van der Waals surface area contributed by atoms with E-state index in [4.69, 9.17) is 16.3 Å². The number of anilines is 1. The smallest absolute Gasteiger partial charge is 0.232 e. The van der Waals surface area contributed by atoms with Crippen LogP contribution in [0.2, 0.25) is 5.02 Å². The third-order valence-corrected chi connectivity index (χ3v) is 4.38. The number of hydrogen-bond acceptors (Lipinski definition) is 5. The molecule has 122 valence electrons. The molecular weight excluding hydrogens is 312 g/mol. The van der Waals surface area contributed by atoms with Gasteiger partial charge in [0.05, 0.1) is 6.61 Å². The number of rotatable bonds is 5. The number of aryl methyl sites for hydroxylation is 1. The van der Waals surface area contributed by atoms with Crippen LogP contribution >= 0.6 is 11.6 Å². The maximum Gasteiger partial charge on any atom is 0.232 e. The van der Waals surface area contributed by atoms with Crippen LogP contribution in [0.3, 0.4) is 0 Å². The maximum atomic E-state index is 6.09. The van der Waals surface area contributed by atoms with Gasteiger partial charge in [-0.3, -0.25) is 0 Å². The van der Waals surface area contributed by atoms with E-state index in [2.05, 4.69) is 32.8 Å². The summed E-state index contributed by atoms with van der Waals surface area (Å²) in [5, 5.41) is 0.559. The van der Waals surface area contributed by atoms with Gasteiger partial charge in [0, 0.05) is 37.0 Å². The average Bonchev–Trinajstić information content (AvgIpc) is 2.61. The van der Waals surface area contributed by atoms with Crippen LogP contribution in [0.5, 0.6) is 5.88 Å². The minimum atomic E-state index is 0.446. The van der Waals surface area contributed by atoms with E-state index in [-0.39, 0.29) is 0 Å². The fourth-order valence-corrected chi connectivity index (χ4v) is 3.01. The van der Waals surface area contributed by atoms with E-state index in [0.29, 0.717) is 23.4 Å². The number of hydrogen-bond donors (Lipinski definition) is 0. The van der Waals surface area contributed by atoms with Gasteiger partial charge in [-0.25, -0.2) is 15.0 Å². The third kappa shape index (κ3) is 4.10. The lowest BCUT2D eigenvalue weighted by molar-refractivity contribution is 0.221. The Morgan fingerprint density at radius 2 is 2.26 bits per heavy atom. The first kappa shape index (κ1) is 16.0. The van der Waals surface area contributed by atoms with E-state index in [1.54, 1.807) is 24.7 Å². The van der Waals surface area contributed by atoms with Gasteiger partial charge in [0.2, 0.25) is 5.88 Å². The Balaban J connectivity index is 1.61. The molecule has 0 amide bonds. The van der Waals surface area contributed by atoms with E-state index in [1.807, 2.05) is 0 Å². The van der Waals surface area contributed by atoms with Crippen molar-refractivity contribution < 1.29 is 4.74 Å². The lowest BCUT2D eigenvalue weighted by Crippen LogP contribution is -2.38. The van der Waals surface area contributed by atoms with Crippen molar-refractivity contribution in [1.82, 2.24) is 15.0 Å². The van der Waals surface area contributed by atoms with Crippen LogP contribution in [0.1, 0.15) is 25.5 Å². The fraction of sp³-hybridized carbons (Fsp3) is 0.471. The first-order valence-corrected chi connectivity index (χ1v) is 8.43. The Labute approximate surface area is 141 Å². The van der Waals surface area contributed by atoms with Gasteiger partial charge in [-0.1, -0.05) is 18.5 Å². The summed E-state index contributed by atoms with van der Waals surface area (Å²) in [6, 6.07) is 5.68. The van der Waals surface area contributed by atoms with Crippen molar-refractivity contribution in [1.29, 1.82) is 0 Å². The van der Waals surface area contributed by atoms with Crippen molar-refractivity contribution >= 4 is 17.4 Å². The molecule has 0 bridgehead atoms. The first-order valence-electron chi connectivity index (χ1n) is 8.05. The fourth-order valence-electron chi connectivity index (χ4n) is 2.84. The summed E-state index contributed by atoms with van der Waals surface area (Å²) in [5.41, 5.74) is 1.08. The van der Waals surface area contributed by atoms with E-state index in [9.17, 15) is 0 Å². The van der Waals surface area contributed by atoms with Gasteiger partial charge >= 0.3 is 0 Å². The summed E-state index contributed by atoms with van der Waals surface area (Å²) in [5.74, 6) is 1.97. The van der Waals surface area contributed by atoms with Crippen LogP contribution < -0.4 is 9.64 Å². The van der Waals surface area contributed by atoms with Crippen molar-refractivity contribution in [3.05, 3.63) is 41.4 Å². The van der Waals surface area contributed by atoms with Crippen molar-refractivity contribution in [2.24, 2.45) is 5.92 Å². The van der Waals surface area contributed by atoms with Gasteiger partial charge in [0.25, 0.3) is 0 Å². The number of halogens is 1. The molecule has 1 aliphatic heterocycles. The molecule has 0 saturated carbocycles. The number of piperidine rings is 1. The minimum absolute atomic E-state index is 0.446. The van der Waals surface area contributed by atoms with E-state index in [1.165, 1.54) is 0 Å². The quantitative estimate of drug-likeness (QED) is 0.840. The van der Waals surface area contributed by atoms with Crippen LogP contribution in [0.15, 0.2) is 30.7 Å². The Morgan fingerprint density at radius 3 is 3.09 bits per heavy atom. The lowest BCUT2D eigenvalue weighted by atomic mass is 9.99. The minimum Gasteiger partial charge on any atom is -0.476 e. The highest BCUT2D eigenvalue weighted by atomic mass is 35.5. The molecule has 1 aliphatic rings. The molecule has 0 aromatic carbocycles. The summed E-state index contributed by atoms with van der Waals surface area (Å²) in [6.07, 6.45) is 6.56. The summed E-state index contributed by atoms with van der Waals surface area (Å²) in [7, 11) is 0. The summed E-state index contributed by atoms with van der Waals surface area (Å²) in [4.78, 5) is 15.2. The molecule has 0 radical (unpaired) electrons. The number of aromatic nitrogens is 3. The second-order valence-corrected chi connectivity index (χ2v) is 6.18. The Hall–Kier alpha value is -1.88. The van der Waals surface area contributed by atoms with Crippen molar-refractivity contribution in [3.8, 4) is 5.88 Å². The molecule has 1 saturated heterocycles. The Kier molecular flexibility index (Phi) is 5.28. The molecule has 2 aromatic rings. The highest BCUT2D eigenvalue weighted by Crippen LogP contribution is 2.25. The van der Waals surface area contributed by atoms with E-state index < -0.39 is 0 Å². The molecule has 3 heterocycles. The van der Waals surface area contributed by atoms with Gasteiger partial charge in [-0.15, -0.1) is 0 Å². The monoisotopic (exact) mass is 332 g/mol. The highest BCUT2D eigenvalue weighted by Gasteiger charge is 2.22. The standard InChI is InChI=1S/C17H21ClN4O/c1-2-14-9-16(21-12-20-14)22-8-4-5-13(10-22)11-23-17-15(18)6-3-7-19-17/h3,6-7,9,12-13H,2,4-5,8,10-11H2,1H3. The molecule has 23 heavy (non-hydrogen) atoms. The molecule has 5 nitrogen and oxygen atoms in total. The van der Waals surface area contributed by atoms with Crippen molar-refractivity contribution in [3.63, 3.8) is 0 Å². The second-order valence-electron chi connectivity index (χ2n) is 5.78. The molecule has 0 N–H and O–H groups in total. The molecule has 3 rings (SSSR count). The molecular formula is C17H21ClN4O. The van der Waals surface area contributed by atoms with E-state index >= 15 is 0 Å². The zero-order valence-electron chi connectivity index (χ0n) is 13.3. The van der Waals surface area contributed by atoms with Gasteiger partial charge in [-0.05, 0) is 31.4 Å². The first-order chi connectivity index (χ1) is 11.3. The molecule has 1 atom stereocenters. The van der Waals surface area contributed by atoms with Gasteiger partial charge in [-0.2, -0.15) is 0 Å². The predicted molar refractivity (Wildman–Crippen MR) is 91.1 cm³/mol. The molecule has 6 heteroatoms. The number of nitrogens with zero attached hydrogens (tertiary/aromatic N) is 4. The molecule has 0 aliphatic carbocycles.